The van der Waals surface area contributed by atoms with Crippen LogP contribution in [0.5, 0.6) is 0 Å². The fraction of sp³-hybridized carbons (Fsp3) is 0.417. The molecule has 0 spiro atoms. The molecule has 1 aromatic rings. The zero-order chi connectivity index (χ0) is 14.1. The predicted octanol–water partition coefficient (Wildman–Crippen LogP) is 4.41. The zero-order valence-corrected chi connectivity index (χ0v) is 9.74. The van der Waals surface area contributed by atoms with Crippen LogP contribution in [0.3, 0.4) is 0 Å². The van der Waals surface area contributed by atoms with Crippen molar-refractivity contribution in [1.29, 1.82) is 0 Å². The van der Waals surface area contributed by atoms with Crippen LogP contribution in [0.25, 0.3) is 0 Å². The number of hydrogen-bond acceptors (Lipinski definition) is 1. The van der Waals surface area contributed by atoms with Crippen LogP contribution in [0.2, 0.25) is 0 Å². The summed E-state index contributed by atoms with van der Waals surface area (Å²) in [5, 5.41) is 0. The second kappa shape index (κ2) is 5.04. The van der Waals surface area contributed by atoms with E-state index < -0.39 is 35.1 Å². The first kappa shape index (κ1) is 14.6. The monoisotopic (exact) mass is 266 g/mol. The number of benzene rings is 1. The van der Waals surface area contributed by atoms with E-state index in [0.29, 0.717) is 6.07 Å². The number of hydrogen-bond donors (Lipinski definition) is 0. The minimum Gasteiger partial charge on any atom is -0.294 e. The van der Waals surface area contributed by atoms with E-state index in [2.05, 4.69) is 0 Å². The van der Waals surface area contributed by atoms with Crippen molar-refractivity contribution in [2.24, 2.45) is 0 Å². The molecule has 0 saturated carbocycles. The highest BCUT2D eigenvalue weighted by Gasteiger charge is 2.36. The molecule has 0 atom stereocenters. The van der Waals surface area contributed by atoms with Crippen LogP contribution in [0.15, 0.2) is 12.1 Å². The highest BCUT2D eigenvalue weighted by molar-refractivity contribution is 5.96. The van der Waals surface area contributed by atoms with Gasteiger partial charge in [0.2, 0.25) is 0 Å². The van der Waals surface area contributed by atoms with Gasteiger partial charge in [-0.15, -0.1) is 0 Å². The fourth-order valence-electron chi connectivity index (χ4n) is 1.70. The van der Waals surface area contributed by atoms with Crippen molar-refractivity contribution in [3.63, 3.8) is 0 Å². The third kappa shape index (κ3) is 2.86. The van der Waals surface area contributed by atoms with E-state index in [0.717, 1.165) is 13.0 Å². The molecule has 1 rings (SSSR count). The molecule has 0 aromatic heterocycles. The summed E-state index contributed by atoms with van der Waals surface area (Å²) >= 11 is 0. The average Bonchev–Trinajstić information content (AvgIpc) is 2.25. The molecular formula is C12H11F5O. The molecule has 0 bridgehead atoms. The second-order valence-electron chi connectivity index (χ2n) is 3.80. The Labute approximate surface area is 101 Å². The van der Waals surface area contributed by atoms with Crippen LogP contribution in [0.1, 0.15) is 47.3 Å². The van der Waals surface area contributed by atoms with Gasteiger partial charge in [0, 0.05) is 11.1 Å². The second-order valence-corrected chi connectivity index (χ2v) is 3.80. The van der Waals surface area contributed by atoms with E-state index in [1.54, 1.807) is 6.92 Å². The fourth-order valence-corrected chi connectivity index (χ4v) is 1.70. The first-order valence-electron chi connectivity index (χ1n) is 5.21. The molecule has 0 aliphatic carbocycles. The lowest BCUT2D eigenvalue weighted by molar-refractivity contribution is -0.138. The quantitative estimate of drug-likeness (QED) is 0.585. The normalized spacial score (nSPS) is 12.0. The summed E-state index contributed by atoms with van der Waals surface area (Å²) in [6.07, 6.45) is -7.68. The lowest BCUT2D eigenvalue weighted by Gasteiger charge is -2.16. The van der Waals surface area contributed by atoms with Crippen molar-refractivity contribution in [2.75, 3.05) is 0 Å². The van der Waals surface area contributed by atoms with Crippen molar-refractivity contribution in [3.8, 4) is 0 Å². The Morgan fingerprint density at radius 3 is 2.17 bits per heavy atom. The summed E-state index contributed by atoms with van der Waals surface area (Å²) in [5.41, 5.74) is -2.48. The Morgan fingerprint density at radius 2 is 1.83 bits per heavy atom. The number of carbonyl (C=O) groups excluding carboxylic acids is 1. The van der Waals surface area contributed by atoms with Crippen LogP contribution >= 0.6 is 0 Å². The van der Waals surface area contributed by atoms with E-state index in [-0.39, 0.29) is 12.0 Å². The molecule has 0 aliphatic heterocycles. The Kier molecular flexibility index (Phi) is 4.09. The number of carbonyl (C=O) groups is 1. The van der Waals surface area contributed by atoms with E-state index >= 15 is 0 Å². The molecule has 100 valence electrons. The summed E-state index contributed by atoms with van der Waals surface area (Å²) in [7, 11) is 0. The third-order valence-electron chi connectivity index (χ3n) is 2.58. The maximum atomic E-state index is 12.7. The minimum absolute atomic E-state index is 0.0585. The van der Waals surface area contributed by atoms with Crippen molar-refractivity contribution < 1.29 is 26.7 Å². The van der Waals surface area contributed by atoms with Gasteiger partial charge in [-0.05, 0) is 31.0 Å². The summed E-state index contributed by atoms with van der Waals surface area (Å²) in [6.45, 7) is 2.52. The van der Waals surface area contributed by atoms with Gasteiger partial charge >= 0.3 is 6.18 Å². The van der Waals surface area contributed by atoms with E-state index in [4.69, 9.17) is 0 Å². The summed E-state index contributed by atoms with van der Waals surface area (Å²) in [5.74, 6) is -0.794. The van der Waals surface area contributed by atoms with Crippen LogP contribution in [-0.4, -0.2) is 5.78 Å². The topological polar surface area (TPSA) is 17.1 Å². The number of Topliss-reactive ketones (excluding diaryl/α,β-unsaturated/α-hetero) is 1. The molecule has 0 aliphatic rings. The molecule has 0 unspecified atom stereocenters. The average molecular weight is 266 g/mol. The van der Waals surface area contributed by atoms with Crippen LogP contribution < -0.4 is 0 Å². The summed E-state index contributed by atoms with van der Waals surface area (Å²) < 4.78 is 63.4. The van der Waals surface area contributed by atoms with Crippen molar-refractivity contribution in [3.05, 3.63) is 34.4 Å². The van der Waals surface area contributed by atoms with Crippen LogP contribution in [0, 0.1) is 0 Å². The highest BCUT2D eigenvalue weighted by atomic mass is 19.4. The zero-order valence-electron chi connectivity index (χ0n) is 9.74. The Balaban J connectivity index is 3.58. The van der Waals surface area contributed by atoms with Gasteiger partial charge in [-0.1, -0.05) is 6.92 Å². The lowest BCUT2D eigenvalue weighted by Crippen LogP contribution is -2.14. The largest absolute Gasteiger partial charge is 0.417 e. The molecule has 1 aromatic carbocycles. The van der Waals surface area contributed by atoms with Gasteiger partial charge in [-0.3, -0.25) is 4.79 Å². The minimum atomic E-state index is -4.82. The first-order valence-corrected chi connectivity index (χ1v) is 5.21. The third-order valence-corrected chi connectivity index (χ3v) is 2.58. The summed E-state index contributed by atoms with van der Waals surface area (Å²) in [4.78, 5) is 11.2. The summed E-state index contributed by atoms with van der Waals surface area (Å²) in [6, 6.07) is 1.28. The SMILES string of the molecule is CCc1cc(C(C)=O)c(C(F)(F)F)cc1C(F)F. The Morgan fingerprint density at radius 1 is 1.28 bits per heavy atom. The number of rotatable bonds is 3. The maximum Gasteiger partial charge on any atom is 0.417 e. The van der Waals surface area contributed by atoms with E-state index in [1.807, 2.05) is 0 Å². The van der Waals surface area contributed by atoms with Gasteiger partial charge in [-0.25, -0.2) is 8.78 Å². The van der Waals surface area contributed by atoms with Gasteiger partial charge < -0.3 is 0 Å². The first-order chi connectivity index (χ1) is 8.18. The Bertz CT molecular complexity index is 462. The molecule has 0 N–H and O–H groups in total. The molecule has 0 heterocycles. The van der Waals surface area contributed by atoms with E-state index in [1.165, 1.54) is 0 Å². The predicted molar refractivity (Wildman–Crippen MR) is 55.8 cm³/mol. The molecule has 1 nitrogen and oxygen atoms in total. The molecule has 0 amide bonds. The van der Waals surface area contributed by atoms with Crippen molar-refractivity contribution in [1.82, 2.24) is 0 Å². The van der Waals surface area contributed by atoms with Gasteiger partial charge in [0.25, 0.3) is 6.43 Å². The number of alkyl halides is 5. The molecule has 18 heavy (non-hydrogen) atoms. The Hall–Kier alpha value is -1.46. The maximum absolute atomic E-state index is 12.7. The van der Waals surface area contributed by atoms with E-state index in [9.17, 15) is 26.7 Å². The van der Waals surface area contributed by atoms with Crippen molar-refractivity contribution >= 4 is 5.78 Å². The molecule has 0 fully saturated rings. The molecule has 6 heteroatoms. The molecule has 0 saturated heterocycles. The number of ketones is 1. The number of halogens is 5. The lowest BCUT2D eigenvalue weighted by atomic mass is 9.95. The molecular weight excluding hydrogens is 255 g/mol. The van der Waals surface area contributed by atoms with Gasteiger partial charge in [0.15, 0.2) is 5.78 Å². The van der Waals surface area contributed by atoms with Gasteiger partial charge in [-0.2, -0.15) is 13.2 Å². The van der Waals surface area contributed by atoms with Crippen molar-refractivity contribution in [2.45, 2.75) is 32.9 Å². The highest BCUT2D eigenvalue weighted by Crippen LogP contribution is 2.36. The number of aryl methyl sites for hydroxylation is 1. The van der Waals surface area contributed by atoms with Crippen LogP contribution in [0.4, 0.5) is 22.0 Å². The standard InChI is InChI=1S/C12H11F5O/c1-3-7-4-8(6(2)18)10(12(15,16)17)5-9(7)11(13)14/h4-5,11H,3H2,1-2H3. The smallest absolute Gasteiger partial charge is 0.294 e. The van der Waals surface area contributed by atoms with Gasteiger partial charge in [0.05, 0.1) is 5.56 Å². The van der Waals surface area contributed by atoms with Gasteiger partial charge in [0.1, 0.15) is 0 Å². The van der Waals surface area contributed by atoms with Crippen LogP contribution in [-0.2, 0) is 12.6 Å². The molecule has 0 radical (unpaired) electrons.